The number of aryl methyl sites for hydroxylation is 1. The van der Waals surface area contributed by atoms with Gasteiger partial charge in [0.15, 0.2) is 11.5 Å². The molecule has 4 nitrogen and oxygen atoms in total. The van der Waals surface area contributed by atoms with Gasteiger partial charge in [0, 0.05) is 18.3 Å². The molecule has 0 spiro atoms. The average molecular weight is 236 g/mol. The minimum Gasteiger partial charge on any atom is -0.491 e. The molecule has 1 aromatic heterocycles. The molecule has 1 heterocycles. The zero-order valence-electron chi connectivity index (χ0n) is 8.76. The van der Waals surface area contributed by atoms with E-state index >= 15 is 0 Å². The number of nitrogens with zero attached hydrogens (tertiary/aromatic N) is 1. The lowest BCUT2D eigenvalue weighted by Gasteiger charge is -2.16. The van der Waals surface area contributed by atoms with Gasteiger partial charge in [-0.3, -0.25) is 4.98 Å². The Kier molecular flexibility index (Phi) is 3.58. The molecular weight excluding hydrogens is 225 g/mol. The Morgan fingerprint density at radius 2 is 2.00 bits per heavy atom. The van der Waals surface area contributed by atoms with Gasteiger partial charge in [-0.2, -0.15) is 0 Å². The number of nitrogens with two attached hydrogens (primary N) is 1. The Morgan fingerprint density at radius 1 is 1.38 bits per heavy atom. The van der Waals surface area contributed by atoms with Crippen LogP contribution in [0.25, 0.3) is 0 Å². The SMILES string of the molecule is COc1c(C)ncc(CN)c1OC(F)(F)F. The summed E-state index contributed by atoms with van der Waals surface area (Å²) in [5, 5.41) is 0. The Labute approximate surface area is 90.2 Å². The normalized spacial score (nSPS) is 11.4. The first-order valence-corrected chi connectivity index (χ1v) is 4.37. The molecule has 1 aromatic rings. The van der Waals surface area contributed by atoms with E-state index < -0.39 is 12.1 Å². The van der Waals surface area contributed by atoms with E-state index in [2.05, 4.69) is 9.72 Å². The van der Waals surface area contributed by atoms with Gasteiger partial charge >= 0.3 is 6.36 Å². The lowest BCUT2D eigenvalue weighted by Crippen LogP contribution is -2.20. The highest BCUT2D eigenvalue weighted by molar-refractivity contribution is 5.48. The summed E-state index contributed by atoms with van der Waals surface area (Å²) in [6.45, 7) is 1.40. The van der Waals surface area contributed by atoms with Gasteiger partial charge < -0.3 is 15.2 Å². The largest absolute Gasteiger partial charge is 0.573 e. The molecule has 0 amide bonds. The van der Waals surface area contributed by atoms with Crippen molar-refractivity contribution < 1.29 is 22.6 Å². The van der Waals surface area contributed by atoms with Crippen LogP contribution in [0, 0.1) is 6.92 Å². The second kappa shape index (κ2) is 4.56. The van der Waals surface area contributed by atoms with Crippen LogP contribution in [0.4, 0.5) is 13.2 Å². The van der Waals surface area contributed by atoms with Gasteiger partial charge in [0.25, 0.3) is 0 Å². The molecule has 2 N–H and O–H groups in total. The third kappa shape index (κ3) is 2.75. The second-order valence-corrected chi connectivity index (χ2v) is 2.98. The highest BCUT2D eigenvalue weighted by Gasteiger charge is 2.34. The van der Waals surface area contributed by atoms with Crippen LogP contribution < -0.4 is 15.2 Å². The molecule has 0 unspecified atom stereocenters. The maximum absolute atomic E-state index is 12.2. The summed E-state index contributed by atoms with van der Waals surface area (Å²) < 4.78 is 45.2. The van der Waals surface area contributed by atoms with Crippen molar-refractivity contribution in [2.45, 2.75) is 19.8 Å². The third-order valence-electron chi connectivity index (χ3n) is 1.88. The molecule has 0 fully saturated rings. The first-order chi connectivity index (χ1) is 7.39. The smallest absolute Gasteiger partial charge is 0.491 e. The fourth-order valence-electron chi connectivity index (χ4n) is 1.22. The summed E-state index contributed by atoms with van der Waals surface area (Å²) in [6, 6.07) is 0. The van der Waals surface area contributed by atoms with E-state index in [0.717, 1.165) is 0 Å². The molecule has 0 aliphatic rings. The number of hydrogen-bond donors (Lipinski definition) is 1. The van der Waals surface area contributed by atoms with Crippen molar-refractivity contribution >= 4 is 0 Å². The molecule has 0 aromatic carbocycles. The van der Waals surface area contributed by atoms with E-state index in [0.29, 0.717) is 5.69 Å². The lowest BCUT2D eigenvalue weighted by molar-refractivity contribution is -0.275. The molecule has 0 bridgehead atoms. The van der Waals surface area contributed by atoms with E-state index in [1.54, 1.807) is 0 Å². The first kappa shape index (κ1) is 12.6. The van der Waals surface area contributed by atoms with Crippen LogP contribution in [0.15, 0.2) is 6.20 Å². The molecule has 0 atom stereocenters. The van der Waals surface area contributed by atoms with Crippen LogP contribution >= 0.6 is 0 Å². The van der Waals surface area contributed by atoms with E-state index in [9.17, 15) is 13.2 Å². The van der Waals surface area contributed by atoms with Crippen molar-refractivity contribution in [1.29, 1.82) is 0 Å². The van der Waals surface area contributed by atoms with E-state index in [1.807, 2.05) is 0 Å². The van der Waals surface area contributed by atoms with Gasteiger partial charge in [-0.25, -0.2) is 0 Å². The minimum absolute atomic E-state index is 0.0553. The third-order valence-corrected chi connectivity index (χ3v) is 1.88. The van der Waals surface area contributed by atoms with Crippen molar-refractivity contribution in [3.63, 3.8) is 0 Å². The summed E-state index contributed by atoms with van der Waals surface area (Å²) in [4.78, 5) is 3.86. The Balaban J connectivity index is 3.25. The molecule has 0 aliphatic carbocycles. The Hall–Kier alpha value is -1.50. The fraction of sp³-hybridized carbons (Fsp3) is 0.444. The molecule has 0 saturated carbocycles. The average Bonchev–Trinajstić information content (AvgIpc) is 2.16. The van der Waals surface area contributed by atoms with Gasteiger partial charge in [0.05, 0.1) is 12.8 Å². The van der Waals surface area contributed by atoms with Gasteiger partial charge in [-0.05, 0) is 6.92 Å². The number of methoxy groups -OCH3 is 1. The van der Waals surface area contributed by atoms with Gasteiger partial charge in [-0.15, -0.1) is 13.2 Å². The van der Waals surface area contributed by atoms with Crippen LogP contribution in [0.5, 0.6) is 11.5 Å². The zero-order chi connectivity index (χ0) is 12.3. The number of pyridine rings is 1. The number of rotatable bonds is 3. The first-order valence-electron chi connectivity index (χ1n) is 4.37. The van der Waals surface area contributed by atoms with Crippen LogP contribution in [0.2, 0.25) is 0 Å². The van der Waals surface area contributed by atoms with Crippen LogP contribution in [0.3, 0.4) is 0 Å². The topological polar surface area (TPSA) is 57.4 Å². The molecule has 1 rings (SSSR count). The fourth-order valence-corrected chi connectivity index (χ4v) is 1.22. The van der Waals surface area contributed by atoms with Crippen molar-refractivity contribution in [2.75, 3.05) is 7.11 Å². The van der Waals surface area contributed by atoms with Gasteiger partial charge in [0.2, 0.25) is 0 Å². The molecule has 0 aliphatic heterocycles. The van der Waals surface area contributed by atoms with Gasteiger partial charge in [0.1, 0.15) is 0 Å². The monoisotopic (exact) mass is 236 g/mol. The summed E-state index contributed by atoms with van der Waals surface area (Å²) in [6.07, 6.45) is -3.55. The van der Waals surface area contributed by atoms with E-state index in [1.165, 1.54) is 20.2 Å². The lowest BCUT2D eigenvalue weighted by atomic mass is 10.2. The number of aromatic nitrogens is 1. The zero-order valence-corrected chi connectivity index (χ0v) is 8.76. The predicted octanol–water partition coefficient (Wildman–Crippen LogP) is 1.76. The molecular formula is C9H11F3N2O2. The number of ether oxygens (including phenoxy) is 2. The van der Waals surface area contributed by atoms with Crippen molar-refractivity contribution in [1.82, 2.24) is 4.98 Å². The second-order valence-electron chi connectivity index (χ2n) is 2.98. The Bertz CT molecular complexity index is 380. The Morgan fingerprint density at radius 3 is 2.44 bits per heavy atom. The summed E-state index contributed by atoms with van der Waals surface area (Å²) >= 11 is 0. The maximum Gasteiger partial charge on any atom is 0.573 e. The standard InChI is InChI=1S/C9H11F3N2O2/c1-5-7(15-2)8(16-9(10,11)12)6(3-13)4-14-5/h4H,3,13H2,1-2H3. The van der Waals surface area contributed by atoms with Crippen molar-refractivity contribution in [3.8, 4) is 11.5 Å². The van der Waals surface area contributed by atoms with Crippen LogP contribution in [0.1, 0.15) is 11.3 Å². The number of halogens is 3. The van der Waals surface area contributed by atoms with Crippen LogP contribution in [-0.2, 0) is 6.54 Å². The molecule has 90 valence electrons. The minimum atomic E-state index is -4.79. The molecule has 16 heavy (non-hydrogen) atoms. The van der Waals surface area contributed by atoms with Crippen LogP contribution in [-0.4, -0.2) is 18.5 Å². The van der Waals surface area contributed by atoms with Crippen molar-refractivity contribution in [2.24, 2.45) is 5.73 Å². The maximum atomic E-state index is 12.2. The number of hydrogen-bond acceptors (Lipinski definition) is 4. The quantitative estimate of drug-likeness (QED) is 0.868. The summed E-state index contributed by atoms with van der Waals surface area (Å²) in [5.74, 6) is -0.481. The summed E-state index contributed by atoms with van der Waals surface area (Å²) in [7, 11) is 1.24. The predicted molar refractivity (Wildman–Crippen MR) is 50.1 cm³/mol. The highest BCUT2D eigenvalue weighted by atomic mass is 19.4. The highest BCUT2D eigenvalue weighted by Crippen LogP contribution is 2.36. The van der Waals surface area contributed by atoms with Crippen molar-refractivity contribution in [3.05, 3.63) is 17.5 Å². The molecule has 0 saturated heterocycles. The van der Waals surface area contributed by atoms with E-state index in [4.69, 9.17) is 10.5 Å². The van der Waals surface area contributed by atoms with Gasteiger partial charge in [-0.1, -0.05) is 0 Å². The van der Waals surface area contributed by atoms with E-state index in [-0.39, 0.29) is 17.9 Å². The number of alkyl halides is 3. The summed E-state index contributed by atoms with van der Waals surface area (Å²) in [5.41, 5.74) is 5.74. The molecule has 0 radical (unpaired) electrons. The molecule has 7 heteroatoms.